The summed E-state index contributed by atoms with van der Waals surface area (Å²) in [5.41, 5.74) is 0.887. The van der Waals surface area contributed by atoms with Gasteiger partial charge in [0.1, 0.15) is 0 Å². The topological polar surface area (TPSA) is 24.9 Å². The average Bonchev–Trinajstić information content (AvgIpc) is 2.70. The van der Waals surface area contributed by atoms with E-state index in [1.54, 1.807) is 12.3 Å². The third kappa shape index (κ3) is 2.88. The van der Waals surface area contributed by atoms with Gasteiger partial charge in [-0.2, -0.15) is 0 Å². The van der Waals surface area contributed by atoms with E-state index in [1.165, 1.54) is 25.7 Å². The van der Waals surface area contributed by atoms with Crippen molar-refractivity contribution in [3.63, 3.8) is 0 Å². The number of nitrogens with zero attached hydrogens (tertiary/aromatic N) is 1. The maximum atomic E-state index is 6.12. The Balaban J connectivity index is 2.04. The van der Waals surface area contributed by atoms with Gasteiger partial charge in [-0.1, -0.05) is 36.0 Å². The molecule has 16 heavy (non-hydrogen) atoms. The Hall–Kier alpha value is -0.310. The minimum Gasteiger partial charge on any atom is -0.306 e. The molecule has 1 aromatic heterocycles. The Labute approximate surface area is 106 Å². The van der Waals surface area contributed by atoms with Crippen LogP contribution >= 0.6 is 23.2 Å². The second-order valence-electron chi connectivity index (χ2n) is 4.39. The van der Waals surface area contributed by atoms with Crippen LogP contribution in [0.5, 0.6) is 0 Å². The molecule has 1 aliphatic carbocycles. The zero-order valence-electron chi connectivity index (χ0n) is 9.34. The number of halogens is 2. The van der Waals surface area contributed by atoms with E-state index in [0.717, 1.165) is 5.69 Å². The summed E-state index contributed by atoms with van der Waals surface area (Å²) in [7, 11) is 0. The minimum absolute atomic E-state index is 0.188. The molecule has 1 aliphatic rings. The first-order chi connectivity index (χ1) is 7.66. The molecule has 1 heterocycles. The molecule has 0 saturated heterocycles. The molecule has 1 saturated carbocycles. The molecule has 0 bridgehead atoms. The molecular formula is C12H16Cl2N2. The molecule has 0 spiro atoms. The zero-order chi connectivity index (χ0) is 11.5. The Kier molecular flexibility index (Phi) is 4.06. The molecule has 88 valence electrons. The number of aromatic nitrogens is 1. The van der Waals surface area contributed by atoms with E-state index in [0.29, 0.717) is 16.1 Å². The van der Waals surface area contributed by atoms with Gasteiger partial charge in [0.15, 0.2) is 0 Å². The van der Waals surface area contributed by atoms with Crippen LogP contribution in [0.1, 0.15) is 44.3 Å². The SMILES string of the molecule is C[C@H](NC1CCCC1)c1ncc(Cl)cc1Cl. The van der Waals surface area contributed by atoms with E-state index in [1.807, 2.05) is 0 Å². The van der Waals surface area contributed by atoms with Crippen LogP contribution in [0.3, 0.4) is 0 Å². The largest absolute Gasteiger partial charge is 0.306 e. The lowest BCUT2D eigenvalue weighted by atomic mass is 10.1. The standard InChI is InChI=1S/C12H16Cl2N2/c1-8(16-10-4-2-3-5-10)12-11(14)6-9(13)7-15-12/h6-8,10,16H,2-5H2,1H3/t8-/m0/s1. The predicted molar refractivity (Wildman–Crippen MR) is 68.1 cm³/mol. The summed E-state index contributed by atoms with van der Waals surface area (Å²) < 4.78 is 0. The Bertz CT molecular complexity index is 362. The number of rotatable bonds is 3. The average molecular weight is 259 g/mol. The maximum Gasteiger partial charge on any atom is 0.0757 e. The first-order valence-electron chi connectivity index (χ1n) is 5.74. The molecule has 4 heteroatoms. The second-order valence-corrected chi connectivity index (χ2v) is 5.23. The Morgan fingerprint density at radius 2 is 2.06 bits per heavy atom. The fourth-order valence-corrected chi connectivity index (χ4v) is 2.81. The van der Waals surface area contributed by atoms with Crippen LogP contribution in [-0.2, 0) is 0 Å². The van der Waals surface area contributed by atoms with Gasteiger partial charge in [-0.15, -0.1) is 0 Å². The van der Waals surface area contributed by atoms with Crippen LogP contribution in [0.4, 0.5) is 0 Å². The summed E-state index contributed by atoms with van der Waals surface area (Å²) in [5.74, 6) is 0. The maximum absolute atomic E-state index is 6.12. The van der Waals surface area contributed by atoms with E-state index >= 15 is 0 Å². The van der Waals surface area contributed by atoms with Crippen LogP contribution in [0.2, 0.25) is 10.0 Å². The minimum atomic E-state index is 0.188. The molecule has 2 nitrogen and oxygen atoms in total. The summed E-state index contributed by atoms with van der Waals surface area (Å²) in [5, 5.41) is 4.79. The summed E-state index contributed by atoms with van der Waals surface area (Å²) in [6.45, 7) is 2.10. The van der Waals surface area contributed by atoms with Crippen molar-refractivity contribution >= 4 is 23.2 Å². The third-order valence-corrected chi connectivity index (χ3v) is 3.60. The van der Waals surface area contributed by atoms with Crippen LogP contribution in [0.25, 0.3) is 0 Å². The van der Waals surface area contributed by atoms with Gasteiger partial charge in [0.25, 0.3) is 0 Å². The lowest BCUT2D eigenvalue weighted by Crippen LogP contribution is -2.29. The van der Waals surface area contributed by atoms with Crippen molar-refractivity contribution < 1.29 is 0 Å². The highest BCUT2D eigenvalue weighted by molar-refractivity contribution is 6.34. The first kappa shape index (κ1) is 12.2. The van der Waals surface area contributed by atoms with Crippen molar-refractivity contribution in [1.29, 1.82) is 0 Å². The van der Waals surface area contributed by atoms with Crippen molar-refractivity contribution in [1.82, 2.24) is 10.3 Å². The highest BCUT2D eigenvalue weighted by Crippen LogP contribution is 2.26. The van der Waals surface area contributed by atoms with E-state index in [-0.39, 0.29) is 6.04 Å². The molecular weight excluding hydrogens is 243 g/mol. The molecule has 0 aromatic carbocycles. The molecule has 0 aliphatic heterocycles. The Morgan fingerprint density at radius 1 is 1.38 bits per heavy atom. The number of pyridine rings is 1. The van der Waals surface area contributed by atoms with Crippen LogP contribution < -0.4 is 5.32 Å². The van der Waals surface area contributed by atoms with Gasteiger partial charge in [0.2, 0.25) is 0 Å². The summed E-state index contributed by atoms with van der Waals surface area (Å²) >= 11 is 11.9. The highest BCUT2D eigenvalue weighted by atomic mass is 35.5. The molecule has 1 aromatic rings. The van der Waals surface area contributed by atoms with Crippen molar-refractivity contribution in [2.24, 2.45) is 0 Å². The Morgan fingerprint density at radius 3 is 2.69 bits per heavy atom. The van der Waals surface area contributed by atoms with Crippen molar-refractivity contribution in [3.8, 4) is 0 Å². The molecule has 2 rings (SSSR count). The molecule has 0 radical (unpaired) electrons. The molecule has 1 N–H and O–H groups in total. The monoisotopic (exact) mass is 258 g/mol. The van der Waals surface area contributed by atoms with Gasteiger partial charge in [-0.05, 0) is 25.8 Å². The number of hydrogen-bond acceptors (Lipinski definition) is 2. The summed E-state index contributed by atoms with van der Waals surface area (Å²) in [6.07, 6.45) is 6.82. The zero-order valence-corrected chi connectivity index (χ0v) is 10.9. The van der Waals surface area contributed by atoms with E-state index in [4.69, 9.17) is 23.2 Å². The fourth-order valence-electron chi connectivity index (χ4n) is 2.27. The van der Waals surface area contributed by atoms with Crippen LogP contribution in [0, 0.1) is 0 Å². The van der Waals surface area contributed by atoms with E-state index in [2.05, 4.69) is 17.2 Å². The fraction of sp³-hybridized carbons (Fsp3) is 0.583. The quantitative estimate of drug-likeness (QED) is 0.888. The second kappa shape index (κ2) is 5.35. The molecule has 1 atom stereocenters. The normalized spacial score (nSPS) is 18.9. The third-order valence-electron chi connectivity index (χ3n) is 3.09. The van der Waals surface area contributed by atoms with Crippen molar-refractivity contribution in [2.45, 2.75) is 44.7 Å². The van der Waals surface area contributed by atoms with Crippen LogP contribution in [-0.4, -0.2) is 11.0 Å². The van der Waals surface area contributed by atoms with Gasteiger partial charge >= 0.3 is 0 Å². The smallest absolute Gasteiger partial charge is 0.0757 e. The lowest BCUT2D eigenvalue weighted by molar-refractivity contribution is 0.455. The van der Waals surface area contributed by atoms with Crippen LogP contribution in [0.15, 0.2) is 12.3 Å². The number of hydrogen-bond donors (Lipinski definition) is 1. The molecule has 0 unspecified atom stereocenters. The summed E-state index contributed by atoms with van der Waals surface area (Å²) in [6, 6.07) is 2.55. The van der Waals surface area contributed by atoms with Gasteiger partial charge in [-0.25, -0.2) is 0 Å². The first-order valence-corrected chi connectivity index (χ1v) is 6.49. The number of nitrogens with one attached hydrogen (secondary N) is 1. The van der Waals surface area contributed by atoms with E-state index < -0.39 is 0 Å². The van der Waals surface area contributed by atoms with Gasteiger partial charge < -0.3 is 5.32 Å². The molecule has 1 fully saturated rings. The predicted octanol–water partition coefficient (Wildman–Crippen LogP) is 3.98. The highest BCUT2D eigenvalue weighted by Gasteiger charge is 2.19. The van der Waals surface area contributed by atoms with Gasteiger partial charge in [0, 0.05) is 18.3 Å². The molecule has 0 amide bonds. The van der Waals surface area contributed by atoms with Gasteiger partial charge in [0.05, 0.1) is 15.7 Å². The lowest BCUT2D eigenvalue weighted by Gasteiger charge is -2.19. The summed E-state index contributed by atoms with van der Waals surface area (Å²) in [4.78, 5) is 4.29. The van der Waals surface area contributed by atoms with E-state index in [9.17, 15) is 0 Å². The van der Waals surface area contributed by atoms with Gasteiger partial charge in [-0.3, -0.25) is 4.98 Å². The van der Waals surface area contributed by atoms with Crippen molar-refractivity contribution in [2.75, 3.05) is 0 Å². The van der Waals surface area contributed by atoms with Crippen molar-refractivity contribution in [3.05, 3.63) is 28.0 Å².